The van der Waals surface area contributed by atoms with Crippen molar-refractivity contribution < 1.29 is 4.79 Å². The number of rotatable bonds is 8. The maximum atomic E-state index is 12.0. The van der Waals surface area contributed by atoms with Crippen molar-refractivity contribution in [1.82, 2.24) is 20.2 Å². The van der Waals surface area contributed by atoms with E-state index in [4.69, 9.17) is 0 Å². The average Bonchev–Trinajstić information content (AvgIpc) is 3.09. The molecule has 0 aliphatic rings. The van der Waals surface area contributed by atoms with Crippen molar-refractivity contribution in [3.8, 4) is 0 Å². The van der Waals surface area contributed by atoms with Crippen LogP contribution >= 0.6 is 27.7 Å². The summed E-state index contributed by atoms with van der Waals surface area (Å²) in [6.45, 7) is 2.02. The Balaban J connectivity index is 1.51. The van der Waals surface area contributed by atoms with Gasteiger partial charge in [0.2, 0.25) is 0 Å². The van der Waals surface area contributed by atoms with E-state index in [0.717, 1.165) is 21.5 Å². The normalized spacial score (nSPS) is 12.1. The van der Waals surface area contributed by atoms with Gasteiger partial charge in [0.05, 0.1) is 18.0 Å². The highest BCUT2D eigenvalue weighted by Gasteiger charge is 2.16. The summed E-state index contributed by atoms with van der Waals surface area (Å²) in [5, 5.41) is 16.5. The molecule has 29 heavy (non-hydrogen) atoms. The fourth-order valence-corrected chi connectivity index (χ4v) is 3.54. The predicted octanol–water partition coefficient (Wildman–Crippen LogP) is 3.99. The zero-order valence-corrected chi connectivity index (χ0v) is 18.4. The number of halogens is 1. The molecule has 0 spiro atoms. The van der Waals surface area contributed by atoms with Crippen LogP contribution in [0.25, 0.3) is 0 Å². The van der Waals surface area contributed by atoms with Gasteiger partial charge in [-0.25, -0.2) is 5.43 Å². The second kappa shape index (κ2) is 10.2. The number of benzene rings is 2. The van der Waals surface area contributed by atoms with Crippen molar-refractivity contribution in [3.05, 3.63) is 70.5 Å². The van der Waals surface area contributed by atoms with E-state index in [1.165, 1.54) is 11.8 Å². The van der Waals surface area contributed by atoms with Gasteiger partial charge in [0.25, 0.3) is 5.91 Å². The molecule has 150 valence electrons. The van der Waals surface area contributed by atoms with Gasteiger partial charge in [-0.3, -0.25) is 4.79 Å². The molecule has 0 radical (unpaired) electrons. The van der Waals surface area contributed by atoms with Crippen LogP contribution < -0.4 is 10.7 Å². The molecule has 1 aromatic heterocycles. The minimum absolute atomic E-state index is 0.0349. The van der Waals surface area contributed by atoms with Crippen molar-refractivity contribution >= 4 is 45.5 Å². The maximum Gasteiger partial charge on any atom is 0.250 e. The summed E-state index contributed by atoms with van der Waals surface area (Å²) in [6.07, 6.45) is 1.61. The molecule has 1 atom stereocenters. The molecule has 0 fully saturated rings. The van der Waals surface area contributed by atoms with Crippen molar-refractivity contribution in [3.63, 3.8) is 0 Å². The molecule has 1 amide bonds. The average molecular weight is 473 g/mol. The zero-order chi connectivity index (χ0) is 20.6. The zero-order valence-electron chi connectivity index (χ0n) is 16.0. The first kappa shape index (κ1) is 21.1. The number of hydrogen-bond acceptors (Lipinski definition) is 6. The Morgan fingerprint density at radius 2 is 1.93 bits per heavy atom. The van der Waals surface area contributed by atoms with Crippen LogP contribution in [-0.2, 0) is 11.8 Å². The number of carbonyl (C=O) groups is 1. The lowest BCUT2D eigenvalue weighted by atomic mass is 10.2. The first-order valence-electron chi connectivity index (χ1n) is 8.94. The number of nitrogens with zero attached hydrogens (tertiary/aromatic N) is 4. The maximum absolute atomic E-state index is 12.0. The van der Waals surface area contributed by atoms with Gasteiger partial charge in [0.15, 0.2) is 11.0 Å². The van der Waals surface area contributed by atoms with Crippen LogP contribution in [0.5, 0.6) is 0 Å². The predicted molar refractivity (Wildman–Crippen MR) is 120 cm³/mol. The Kier molecular flexibility index (Phi) is 7.42. The third kappa shape index (κ3) is 6.16. The van der Waals surface area contributed by atoms with Crippen molar-refractivity contribution in [1.29, 1.82) is 0 Å². The SMILES string of the molecule is C[C@@H](Nc1ccc(Br)cc1)c1nnc(SCC(=O)N/N=C\c2ccccc2)n1C. The number of anilines is 1. The summed E-state index contributed by atoms with van der Waals surface area (Å²) in [4.78, 5) is 12.0. The highest BCUT2D eigenvalue weighted by atomic mass is 79.9. The van der Waals surface area contributed by atoms with Gasteiger partial charge in [-0.1, -0.05) is 58.0 Å². The van der Waals surface area contributed by atoms with Crippen molar-refractivity contribution in [2.75, 3.05) is 11.1 Å². The van der Waals surface area contributed by atoms with Crippen LogP contribution in [-0.4, -0.2) is 32.6 Å². The highest BCUT2D eigenvalue weighted by molar-refractivity contribution is 9.10. The topological polar surface area (TPSA) is 84.2 Å². The Labute approximate surface area is 182 Å². The number of aromatic nitrogens is 3. The molecule has 0 aliphatic heterocycles. The summed E-state index contributed by atoms with van der Waals surface area (Å²) < 4.78 is 2.92. The standard InChI is InChI=1S/C20H21BrN6OS/c1-14(23-17-10-8-16(21)9-11-17)19-25-26-20(27(19)2)29-13-18(28)24-22-12-15-6-4-3-5-7-15/h3-12,14,23H,13H2,1-2H3,(H,24,28)/b22-12-/t14-/m1/s1. The third-order valence-corrected chi connectivity index (χ3v) is 5.57. The molecular weight excluding hydrogens is 452 g/mol. The molecule has 2 aromatic carbocycles. The van der Waals surface area contributed by atoms with E-state index in [1.807, 2.05) is 73.1 Å². The van der Waals surface area contributed by atoms with Gasteiger partial charge in [0.1, 0.15) is 0 Å². The minimum atomic E-state index is -0.201. The van der Waals surface area contributed by atoms with Crippen molar-refractivity contribution in [2.45, 2.75) is 18.1 Å². The van der Waals surface area contributed by atoms with Crippen LogP contribution in [0.3, 0.4) is 0 Å². The molecule has 0 aliphatic carbocycles. The van der Waals surface area contributed by atoms with E-state index in [-0.39, 0.29) is 17.7 Å². The first-order chi connectivity index (χ1) is 14.0. The smallest absolute Gasteiger partial charge is 0.250 e. The Morgan fingerprint density at radius 3 is 2.66 bits per heavy atom. The lowest BCUT2D eigenvalue weighted by Crippen LogP contribution is -2.20. The van der Waals surface area contributed by atoms with Crippen LogP contribution in [0.4, 0.5) is 5.69 Å². The summed E-state index contributed by atoms with van der Waals surface area (Å²) >= 11 is 4.75. The van der Waals surface area contributed by atoms with Crippen molar-refractivity contribution in [2.24, 2.45) is 12.1 Å². The van der Waals surface area contributed by atoms with Crippen LogP contribution in [0.1, 0.15) is 24.4 Å². The van der Waals surface area contributed by atoms with Gasteiger partial charge < -0.3 is 9.88 Å². The molecular formula is C20H21BrN6OS. The largest absolute Gasteiger partial charge is 0.375 e. The first-order valence-corrected chi connectivity index (χ1v) is 10.7. The van der Waals surface area contributed by atoms with Crippen LogP contribution in [0, 0.1) is 0 Å². The van der Waals surface area contributed by atoms with Gasteiger partial charge in [-0.2, -0.15) is 5.10 Å². The second-order valence-corrected chi connectivity index (χ2v) is 8.12. The van der Waals surface area contributed by atoms with Gasteiger partial charge >= 0.3 is 0 Å². The number of carbonyl (C=O) groups excluding carboxylic acids is 1. The van der Waals surface area contributed by atoms with E-state index in [0.29, 0.717) is 5.16 Å². The Bertz CT molecular complexity index is 974. The quantitative estimate of drug-likeness (QED) is 0.294. The van der Waals surface area contributed by atoms with Gasteiger partial charge in [-0.15, -0.1) is 10.2 Å². The molecule has 0 saturated heterocycles. The molecule has 1 heterocycles. The molecule has 3 aromatic rings. The number of amides is 1. The number of hydrazone groups is 1. The number of nitrogens with one attached hydrogen (secondary N) is 2. The lowest BCUT2D eigenvalue weighted by Gasteiger charge is -2.14. The molecule has 3 rings (SSSR count). The summed E-state index contributed by atoms with van der Waals surface area (Å²) in [6, 6.07) is 17.5. The Hall–Kier alpha value is -2.65. The monoisotopic (exact) mass is 472 g/mol. The summed E-state index contributed by atoms with van der Waals surface area (Å²) in [5.74, 6) is 0.790. The van der Waals surface area contributed by atoms with Gasteiger partial charge in [0, 0.05) is 17.2 Å². The third-order valence-electron chi connectivity index (χ3n) is 4.02. The fraction of sp³-hybridized carbons (Fsp3) is 0.200. The molecule has 7 nitrogen and oxygen atoms in total. The molecule has 2 N–H and O–H groups in total. The molecule has 0 unspecified atom stereocenters. The summed E-state index contributed by atoms with van der Waals surface area (Å²) in [7, 11) is 1.89. The van der Waals surface area contributed by atoms with Gasteiger partial charge in [-0.05, 0) is 36.8 Å². The molecule has 0 saturated carbocycles. The van der Waals surface area contributed by atoms with E-state index in [9.17, 15) is 4.79 Å². The van der Waals surface area contributed by atoms with Crippen LogP contribution in [0.15, 0.2) is 69.3 Å². The number of thioether (sulfide) groups is 1. The Morgan fingerprint density at radius 1 is 1.21 bits per heavy atom. The van der Waals surface area contributed by atoms with E-state index < -0.39 is 0 Å². The lowest BCUT2D eigenvalue weighted by molar-refractivity contribution is -0.118. The minimum Gasteiger partial charge on any atom is -0.375 e. The fourth-order valence-electron chi connectivity index (χ4n) is 2.57. The van der Waals surface area contributed by atoms with Crippen LogP contribution in [0.2, 0.25) is 0 Å². The summed E-state index contributed by atoms with van der Waals surface area (Å²) in [5.41, 5.74) is 4.44. The molecule has 0 bridgehead atoms. The second-order valence-electron chi connectivity index (χ2n) is 6.27. The van der Waals surface area contributed by atoms with E-state index in [1.54, 1.807) is 6.21 Å². The molecule has 9 heteroatoms. The highest BCUT2D eigenvalue weighted by Crippen LogP contribution is 2.23. The van der Waals surface area contributed by atoms with E-state index in [2.05, 4.69) is 42.0 Å². The van der Waals surface area contributed by atoms with E-state index >= 15 is 0 Å². The number of hydrogen-bond donors (Lipinski definition) is 2.